The molecule has 2 fully saturated rings. The molecule has 248 valence electrons. The molecule has 2 atom stereocenters. The Labute approximate surface area is 256 Å². The predicted molar refractivity (Wildman–Crippen MR) is 148 cm³/mol. The zero-order valence-corrected chi connectivity index (χ0v) is 25.1. The van der Waals surface area contributed by atoms with Gasteiger partial charge in [-0.25, -0.2) is 0 Å². The number of halogens is 5. The Balaban J connectivity index is 1.72. The number of carbonyl (C=O) groups excluding carboxylic acids is 5. The Bertz CT molecular complexity index is 1330. The molecule has 0 aromatic heterocycles. The van der Waals surface area contributed by atoms with Gasteiger partial charge in [-0.1, -0.05) is 13.8 Å². The number of alkyl halides is 5. The van der Waals surface area contributed by atoms with E-state index < -0.39 is 65.2 Å². The summed E-state index contributed by atoms with van der Waals surface area (Å²) in [6.45, 7) is 6.22. The van der Waals surface area contributed by atoms with Crippen LogP contribution in [0.3, 0.4) is 0 Å². The lowest BCUT2D eigenvalue weighted by atomic mass is 10.0. The second-order valence-corrected chi connectivity index (χ2v) is 10.9. The van der Waals surface area contributed by atoms with Crippen LogP contribution >= 0.6 is 0 Å². The lowest BCUT2D eigenvalue weighted by molar-refractivity contribution is -0.276. The van der Waals surface area contributed by atoms with Gasteiger partial charge in [0.15, 0.2) is 0 Å². The molecule has 1 aromatic rings. The smallest absolute Gasteiger partial charge is 0.422 e. The van der Waals surface area contributed by atoms with Crippen molar-refractivity contribution in [2.45, 2.75) is 64.7 Å². The number of likely N-dealkylation sites (tertiary alicyclic amines) is 1. The average Bonchev–Trinajstić information content (AvgIpc) is 3.48. The molecule has 1 aromatic carbocycles. The van der Waals surface area contributed by atoms with E-state index in [4.69, 9.17) is 4.74 Å². The van der Waals surface area contributed by atoms with Gasteiger partial charge in [0.25, 0.3) is 11.8 Å². The van der Waals surface area contributed by atoms with Crippen LogP contribution in [0, 0.1) is 5.92 Å². The van der Waals surface area contributed by atoms with Crippen LogP contribution in [0.15, 0.2) is 35.7 Å². The van der Waals surface area contributed by atoms with E-state index >= 15 is 0 Å². The van der Waals surface area contributed by atoms with Gasteiger partial charge in [0.2, 0.25) is 17.6 Å². The van der Waals surface area contributed by atoms with Crippen LogP contribution in [-0.4, -0.2) is 96.4 Å². The van der Waals surface area contributed by atoms with E-state index in [1.165, 1.54) is 45.0 Å². The van der Waals surface area contributed by atoms with Crippen molar-refractivity contribution in [1.82, 2.24) is 20.4 Å². The summed E-state index contributed by atoms with van der Waals surface area (Å²) in [4.78, 5) is 66.1. The molecule has 11 nitrogen and oxygen atoms in total. The van der Waals surface area contributed by atoms with Gasteiger partial charge in [-0.15, -0.1) is 0 Å². The second-order valence-electron chi connectivity index (χ2n) is 10.9. The molecular formula is C29H35F5N4O7. The van der Waals surface area contributed by atoms with E-state index in [-0.39, 0.29) is 24.4 Å². The molecule has 0 spiro atoms. The molecule has 4 amide bonds. The predicted octanol–water partition coefficient (Wildman–Crippen LogP) is 3.01. The summed E-state index contributed by atoms with van der Waals surface area (Å²) < 4.78 is 77.9. The van der Waals surface area contributed by atoms with Crippen molar-refractivity contribution in [3.8, 4) is 0 Å². The van der Waals surface area contributed by atoms with Crippen LogP contribution in [0.2, 0.25) is 0 Å². The number of morpholine rings is 1. The lowest BCUT2D eigenvalue weighted by Crippen LogP contribution is -2.53. The van der Waals surface area contributed by atoms with E-state index in [1.54, 1.807) is 4.90 Å². The largest absolute Gasteiger partial charge is 0.461 e. The highest BCUT2D eigenvalue weighted by molar-refractivity contribution is 6.00. The minimum Gasteiger partial charge on any atom is -0.422 e. The molecule has 2 aliphatic rings. The number of carbonyl (C=O) groups is 5. The monoisotopic (exact) mass is 646 g/mol. The number of nitrogens with zero attached hydrogens (tertiary/aromatic N) is 2. The Morgan fingerprint density at radius 2 is 1.51 bits per heavy atom. The van der Waals surface area contributed by atoms with Crippen LogP contribution < -0.4 is 10.6 Å². The standard InChI is InChI=1S/C29H35F5N4O7/c1-16(2)22(23(45-18(4)39)28(30,31)29(32,33)34)36-25(41)21-6-5-11-38(21)26(42)17(3)35-24(40)19-7-9-20(10-8-19)27(43)37-12-14-44-15-13-37/h7-10,16-17,21H,5-6,11-15H2,1-4H3,(H,35,40)(H,36,41)/b23-22-/t17-,21-/m0/s1. The maximum atomic E-state index is 14.4. The summed E-state index contributed by atoms with van der Waals surface area (Å²) in [5, 5.41) is 4.55. The number of hydrogen-bond acceptors (Lipinski definition) is 7. The highest BCUT2D eigenvalue weighted by Crippen LogP contribution is 2.43. The fraction of sp³-hybridized carbons (Fsp3) is 0.552. The van der Waals surface area contributed by atoms with Gasteiger partial charge in [-0.3, -0.25) is 24.0 Å². The van der Waals surface area contributed by atoms with Crippen molar-refractivity contribution >= 4 is 29.6 Å². The topological polar surface area (TPSA) is 134 Å². The van der Waals surface area contributed by atoms with Crippen molar-refractivity contribution < 1.29 is 55.4 Å². The maximum Gasteiger partial charge on any atom is 0.461 e. The van der Waals surface area contributed by atoms with Crippen molar-refractivity contribution in [3.63, 3.8) is 0 Å². The summed E-state index contributed by atoms with van der Waals surface area (Å²) in [6.07, 6.45) is -5.77. The normalized spacial score (nSPS) is 18.7. The third kappa shape index (κ3) is 8.35. The number of nitrogens with one attached hydrogen (secondary N) is 2. The summed E-state index contributed by atoms with van der Waals surface area (Å²) in [6, 6.07) is 3.37. The highest BCUT2D eigenvalue weighted by atomic mass is 19.4. The number of benzene rings is 1. The van der Waals surface area contributed by atoms with Crippen molar-refractivity contribution in [2.75, 3.05) is 32.8 Å². The summed E-state index contributed by atoms with van der Waals surface area (Å²) >= 11 is 0. The number of amides is 4. The SMILES string of the molecule is CC(=O)O/C(=C(\NC(=O)[C@@H]1CCCN1C(=O)[C@H](C)NC(=O)c1ccc(C(=O)N2CCOCC2)cc1)C(C)C)C(F)(F)C(F)(F)F. The molecule has 0 saturated carbocycles. The average molecular weight is 647 g/mol. The van der Waals surface area contributed by atoms with Gasteiger partial charge in [0.1, 0.15) is 12.1 Å². The number of rotatable bonds is 9. The van der Waals surface area contributed by atoms with Gasteiger partial charge in [-0.2, -0.15) is 22.0 Å². The van der Waals surface area contributed by atoms with Crippen molar-refractivity contribution in [3.05, 3.63) is 46.8 Å². The van der Waals surface area contributed by atoms with Gasteiger partial charge in [0, 0.05) is 37.7 Å². The minimum atomic E-state index is -6.13. The Kier molecular flexibility index (Phi) is 11.3. The fourth-order valence-electron chi connectivity index (χ4n) is 4.85. The first-order chi connectivity index (χ1) is 21.0. The summed E-state index contributed by atoms with van der Waals surface area (Å²) in [5.74, 6) is -12.9. The van der Waals surface area contributed by atoms with Crippen LogP contribution in [0.1, 0.15) is 61.3 Å². The quantitative estimate of drug-likeness (QED) is 0.239. The first-order valence-electron chi connectivity index (χ1n) is 14.2. The summed E-state index contributed by atoms with van der Waals surface area (Å²) in [7, 11) is 0. The van der Waals surface area contributed by atoms with Crippen molar-refractivity contribution in [1.29, 1.82) is 0 Å². The van der Waals surface area contributed by atoms with E-state index in [1.807, 2.05) is 5.32 Å². The number of esters is 1. The molecule has 2 N–H and O–H groups in total. The van der Waals surface area contributed by atoms with Crippen LogP contribution in [0.5, 0.6) is 0 Å². The zero-order chi connectivity index (χ0) is 33.7. The molecule has 45 heavy (non-hydrogen) atoms. The highest BCUT2D eigenvalue weighted by Gasteiger charge is 2.63. The van der Waals surface area contributed by atoms with E-state index in [2.05, 4.69) is 10.1 Å². The molecule has 0 bridgehead atoms. The lowest BCUT2D eigenvalue weighted by Gasteiger charge is -2.29. The Morgan fingerprint density at radius 1 is 0.933 bits per heavy atom. The first kappa shape index (κ1) is 35.4. The van der Waals surface area contributed by atoms with E-state index in [0.29, 0.717) is 45.2 Å². The molecule has 2 heterocycles. The number of allylic oxidation sites excluding steroid dienone is 2. The third-order valence-electron chi connectivity index (χ3n) is 7.22. The third-order valence-corrected chi connectivity index (χ3v) is 7.22. The first-order valence-corrected chi connectivity index (χ1v) is 14.2. The Hall–Kier alpha value is -4.08. The van der Waals surface area contributed by atoms with Crippen LogP contribution in [0.4, 0.5) is 22.0 Å². The fourth-order valence-corrected chi connectivity index (χ4v) is 4.85. The number of ether oxygens (including phenoxy) is 2. The van der Waals surface area contributed by atoms with E-state index in [0.717, 1.165) is 4.90 Å². The van der Waals surface area contributed by atoms with E-state index in [9.17, 15) is 45.9 Å². The molecule has 2 aliphatic heterocycles. The van der Waals surface area contributed by atoms with Gasteiger partial charge in [0.05, 0.1) is 18.9 Å². The van der Waals surface area contributed by atoms with Crippen LogP contribution in [-0.2, 0) is 23.9 Å². The maximum absolute atomic E-state index is 14.4. The van der Waals surface area contributed by atoms with Crippen molar-refractivity contribution in [2.24, 2.45) is 5.92 Å². The Morgan fingerprint density at radius 3 is 2.04 bits per heavy atom. The molecule has 0 aliphatic carbocycles. The summed E-state index contributed by atoms with van der Waals surface area (Å²) in [5.41, 5.74) is -0.448. The molecule has 0 unspecified atom stereocenters. The minimum absolute atomic E-state index is 0.0473. The number of hydrogen-bond donors (Lipinski definition) is 2. The second kappa shape index (κ2) is 14.3. The molecular weight excluding hydrogens is 611 g/mol. The van der Waals surface area contributed by atoms with Gasteiger partial charge >= 0.3 is 18.1 Å². The molecule has 2 saturated heterocycles. The molecule has 3 rings (SSSR count). The van der Waals surface area contributed by atoms with Crippen LogP contribution in [0.25, 0.3) is 0 Å². The van der Waals surface area contributed by atoms with Gasteiger partial charge < -0.3 is 29.9 Å². The zero-order valence-electron chi connectivity index (χ0n) is 25.1. The molecule has 16 heteroatoms. The molecule has 0 radical (unpaired) electrons. The van der Waals surface area contributed by atoms with Gasteiger partial charge in [-0.05, 0) is 49.9 Å².